The average molecular weight is 1530 g/mol. The van der Waals surface area contributed by atoms with Crippen molar-refractivity contribution in [3.8, 4) is 0 Å². The third-order valence-electron chi connectivity index (χ3n) is 28.2. The summed E-state index contributed by atoms with van der Waals surface area (Å²) >= 11 is 0. The first kappa shape index (κ1) is 105. The van der Waals surface area contributed by atoms with Gasteiger partial charge in [0.1, 0.15) is 33.6 Å². The topological polar surface area (TPSA) is 34.3 Å². The summed E-state index contributed by atoms with van der Waals surface area (Å²) in [6.07, 6.45) is 123. The second-order valence-corrected chi connectivity index (χ2v) is 38.2. The molecule has 2 fully saturated rings. The number of hydrogen-bond donors (Lipinski definition) is 0. The van der Waals surface area contributed by atoms with E-state index in [1.54, 1.807) is 0 Å². The van der Waals surface area contributed by atoms with Crippen LogP contribution in [0.4, 0.5) is 0 Å². The molecule has 0 aromatic heterocycles. The molecule has 109 heavy (non-hydrogen) atoms. The van der Waals surface area contributed by atoms with Gasteiger partial charge in [-0.05, 0) is 64.2 Å². The summed E-state index contributed by atoms with van der Waals surface area (Å²) in [6.45, 7) is 24.0. The minimum absolute atomic E-state index is 0.109. The Morgan fingerprint density at radius 1 is 0.147 bits per heavy atom. The van der Waals surface area contributed by atoms with E-state index in [4.69, 9.17) is 9.47 Å². The van der Waals surface area contributed by atoms with Crippen molar-refractivity contribution in [1.82, 2.24) is 0 Å². The van der Waals surface area contributed by atoms with Crippen LogP contribution in [0, 0.1) is 0 Å². The van der Waals surface area contributed by atoms with Crippen molar-refractivity contribution in [2.75, 3.05) is 0 Å². The Bertz CT molecular complexity index is 1610. The zero-order valence-electron chi connectivity index (χ0n) is 77.9. The van der Waals surface area contributed by atoms with E-state index in [9.17, 15) is 4.74 Å². The maximum atomic E-state index is 9.95. The first-order valence-corrected chi connectivity index (χ1v) is 52.8. The van der Waals surface area contributed by atoms with Gasteiger partial charge < -0.3 is 14.2 Å². The summed E-state index contributed by atoms with van der Waals surface area (Å²) in [5.41, 5.74) is -1.43. The average Bonchev–Trinajstić information content (AvgIpc) is 1.49. The molecule has 2 unspecified atom stereocenters. The van der Waals surface area contributed by atoms with Crippen molar-refractivity contribution in [3.63, 3.8) is 0 Å². The highest BCUT2D eigenvalue weighted by Crippen LogP contribution is 2.71. The lowest BCUT2D eigenvalue weighted by Crippen LogP contribution is -2.62. The third-order valence-corrected chi connectivity index (χ3v) is 28.2. The van der Waals surface area contributed by atoms with Crippen molar-refractivity contribution in [1.29, 1.82) is 0 Å². The molecule has 0 spiro atoms. The van der Waals surface area contributed by atoms with E-state index in [0.29, 0.717) is 0 Å². The van der Waals surface area contributed by atoms with Crippen molar-refractivity contribution < 1.29 is 14.2 Å². The van der Waals surface area contributed by atoms with Crippen LogP contribution in [0.3, 0.4) is 0 Å². The second-order valence-electron chi connectivity index (χ2n) is 38.2. The van der Waals surface area contributed by atoms with Gasteiger partial charge in [-0.1, -0.05) is 583 Å². The first-order valence-electron chi connectivity index (χ1n) is 52.8. The molecular weight excluding hydrogens is 1320 g/mol. The van der Waals surface area contributed by atoms with Crippen molar-refractivity contribution in [2.45, 2.75) is 681 Å². The molecule has 0 N–H and O–H groups in total. The van der Waals surface area contributed by atoms with Gasteiger partial charge in [0.25, 0.3) is 0 Å². The lowest BCUT2D eigenvalue weighted by Gasteiger charge is -2.52. The normalized spacial score (nSPS) is 16.9. The fourth-order valence-corrected chi connectivity index (χ4v) is 21.1. The van der Waals surface area contributed by atoms with E-state index in [0.717, 1.165) is 0 Å². The van der Waals surface area contributed by atoms with Gasteiger partial charge in [0.05, 0.1) is 0 Å². The summed E-state index contributed by atoms with van der Waals surface area (Å²) in [5.74, 6) is 0. The van der Waals surface area contributed by atoms with Gasteiger partial charge in [-0.3, -0.25) is 0 Å². The van der Waals surface area contributed by atoms with E-state index < -0.39 is 0 Å². The summed E-state index contributed by atoms with van der Waals surface area (Å²) in [6, 6.07) is 0. The molecule has 2 aliphatic heterocycles. The number of unbranched alkanes of at least 4 members (excludes halogenated alkanes) is 70. The zero-order valence-corrected chi connectivity index (χ0v) is 77.9. The maximum absolute atomic E-state index is 9.95. The van der Waals surface area contributed by atoms with Crippen LogP contribution in [-0.4, -0.2) is 33.6 Å². The maximum Gasteiger partial charge on any atom is 0.127 e. The molecular formula is C106H210O3. The van der Waals surface area contributed by atoms with E-state index >= 15 is 0 Å². The fourth-order valence-electron chi connectivity index (χ4n) is 21.1. The highest BCUT2D eigenvalue weighted by Gasteiger charge is 2.82. The van der Waals surface area contributed by atoms with Gasteiger partial charge >= 0.3 is 0 Å². The Morgan fingerprint density at radius 3 is 0.413 bits per heavy atom. The molecule has 0 amide bonds. The van der Waals surface area contributed by atoms with Crippen LogP contribution >= 0.6 is 0 Å². The number of ether oxygens (including phenoxy) is 3. The van der Waals surface area contributed by atoms with Crippen LogP contribution in [0.5, 0.6) is 0 Å². The lowest BCUT2D eigenvalue weighted by molar-refractivity contribution is -0.232. The van der Waals surface area contributed by atoms with Crippen LogP contribution in [0.1, 0.15) is 647 Å². The van der Waals surface area contributed by atoms with E-state index in [1.807, 2.05) is 0 Å². The van der Waals surface area contributed by atoms with Crippen molar-refractivity contribution >= 4 is 0 Å². The minimum Gasteiger partial charge on any atom is -0.362 e. The largest absolute Gasteiger partial charge is 0.362 e. The van der Waals surface area contributed by atoms with Crippen LogP contribution in [0.15, 0.2) is 0 Å². The number of hydrogen-bond acceptors (Lipinski definition) is 3. The highest BCUT2D eigenvalue weighted by molar-refractivity contribution is 5.30. The number of epoxide rings is 2. The molecule has 0 radical (unpaired) electrons. The molecule has 0 aliphatic carbocycles. The lowest BCUT2D eigenvalue weighted by atomic mass is 9.64. The van der Waals surface area contributed by atoms with Gasteiger partial charge in [-0.25, -0.2) is 0 Å². The second kappa shape index (κ2) is 74.2. The summed E-state index contributed by atoms with van der Waals surface area (Å²) < 4.78 is 27.4. The fraction of sp³-hybridized carbons (Fsp3) is 1.00. The Balaban J connectivity index is 3.43. The number of rotatable bonds is 94. The van der Waals surface area contributed by atoms with Gasteiger partial charge in [0, 0.05) is 0 Å². The minimum atomic E-state index is -0.347. The molecule has 0 aromatic carbocycles. The summed E-state index contributed by atoms with van der Waals surface area (Å²) in [7, 11) is 0. The van der Waals surface area contributed by atoms with E-state index in [1.165, 1.54) is 578 Å². The standard InChI is InChI=1S/C106H210O3/c1-11-21-31-41-51-61-71-81-91-101(92-82-72-62-52-42-32-22-12-2,105(99-89-79-69-59-49-39-29-19-9)103(108-105,95-85-75-65-55-45-35-25-15-5)96-86-76-66-56-46-36-26-16-6)107-102(93-83-73-63-53-43-33-23-13-3,94-84-74-64-54-44-34-24-14-4)106(100-90-80-70-60-50-40-30-20-10)104(109-106,97-87-77-67-57-47-37-27-17-7)98-88-78-68-58-48-38-28-18-8/h11-100H2,1-10H3. The zero-order chi connectivity index (χ0) is 78.8. The van der Waals surface area contributed by atoms with Crippen molar-refractivity contribution in [2.24, 2.45) is 0 Å². The molecule has 652 valence electrons. The van der Waals surface area contributed by atoms with Crippen LogP contribution in [0.2, 0.25) is 0 Å². The molecule has 2 aliphatic rings. The molecule has 2 atom stereocenters. The molecule has 0 aromatic rings. The molecule has 0 bridgehead atoms. The van der Waals surface area contributed by atoms with Gasteiger partial charge in [0.15, 0.2) is 0 Å². The van der Waals surface area contributed by atoms with Gasteiger partial charge in [-0.15, -0.1) is 0 Å². The Labute approximate surface area is 690 Å². The van der Waals surface area contributed by atoms with Crippen LogP contribution in [-0.2, 0) is 14.2 Å². The summed E-state index contributed by atoms with van der Waals surface area (Å²) in [4.78, 5) is 0. The summed E-state index contributed by atoms with van der Waals surface area (Å²) in [5, 5.41) is 0. The monoisotopic (exact) mass is 1530 g/mol. The van der Waals surface area contributed by atoms with Crippen LogP contribution < -0.4 is 0 Å². The van der Waals surface area contributed by atoms with Crippen molar-refractivity contribution in [3.05, 3.63) is 0 Å². The molecule has 2 rings (SSSR count). The predicted molar refractivity (Wildman–Crippen MR) is 492 cm³/mol. The van der Waals surface area contributed by atoms with Gasteiger partial charge in [0.2, 0.25) is 0 Å². The molecule has 2 saturated heterocycles. The Kier molecular flexibility index (Phi) is 71.4. The van der Waals surface area contributed by atoms with Gasteiger partial charge in [-0.2, -0.15) is 0 Å². The van der Waals surface area contributed by atoms with E-state index in [2.05, 4.69) is 69.2 Å². The molecule has 3 heteroatoms. The molecule has 2 heterocycles. The predicted octanol–water partition coefficient (Wildman–Crippen LogP) is 38.8. The Hall–Kier alpha value is -0.120. The quantitative estimate of drug-likeness (QED) is 0.0450. The first-order chi connectivity index (χ1) is 53.7. The molecule has 3 nitrogen and oxygen atoms in total. The van der Waals surface area contributed by atoms with E-state index in [-0.39, 0.29) is 33.6 Å². The van der Waals surface area contributed by atoms with Crippen LogP contribution in [0.25, 0.3) is 0 Å². The third kappa shape index (κ3) is 47.3. The molecule has 0 saturated carbocycles. The Morgan fingerprint density at radius 2 is 0.266 bits per heavy atom. The SMILES string of the molecule is CCCCCCCCCCC(CCCCCCCCCC)(OC(CCCCCCCCCC)(CCCCCCCCCC)C1(CCCCCCCCCC)OC1(CCCCCCCCCC)CCCCCCCCCC)C1(CCCCCCCCCC)OC1(CCCCCCCCCC)CCCCCCCCCC. The smallest absolute Gasteiger partial charge is 0.127 e. The highest BCUT2D eigenvalue weighted by atomic mass is 16.7.